The van der Waals surface area contributed by atoms with Crippen LogP contribution in [-0.2, 0) is 6.42 Å². The molecule has 0 fully saturated rings. The van der Waals surface area contributed by atoms with Gasteiger partial charge in [0.25, 0.3) is 0 Å². The Hall–Kier alpha value is -1.40. The van der Waals surface area contributed by atoms with Crippen LogP contribution in [0, 0.1) is 18.6 Å². The molecule has 3 nitrogen and oxygen atoms in total. The lowest BCUT2D eigenvalue weighted by molar-refractivity contribution is 0.215. The largest absolute Gasteiger partial charge is 0.383 e. The summed E-state index contributed by atoms with van der Waals surface area (Å²) in [5.74, 6) is -1.94. The molecule has 0 radical (unpaired) electrons. The molecule has 102 valence electrons. The zero-order valence-electron chi connectivity index (χ0n) is 10.7. The molecule has 2 rings (SSSR count). The monoisotopic (exact) mass is 284 g/mol. The molecule has 1 heterocycles. The predicted octanol–water partition coefficient (Wildman–Crippen LogP) is 3.16. The molecule has 0 bridgehead atoms. The summed E-state index contributed by atoms with van der Waals surface area (Å²) in [6.07, 6.45) is 0.269. The fraction of sp³-hybridized carbons (Fsp3) is 0.385. The quantitative estimate of drug-likeness (QED) is 0.938. The van der Waals surface area contributed by atoms with Gasteiger partial charge in [0.1, 0.15) is 6.10 Å². The van der Waals surface area contributed by atoms with Crippen LogP contribution >= 0.6 is 11.5 Å². The van der Waals surface area contributed by atoms with Gasteiger partial charge in [-0.3, -0.25) is 0 Å². The van der Waals surface area contributed by atoms with Crippen LogP contribution in [-0.4, -0.2) is 14.7 Å². The molecule has 1 unspecified atom stereocenters. The van der Waals surface area contributed by atoms with Crippen molar-refractivity contribution >= 4 is 11.5 Å². The van der Waals surface area contributed by atoms with Crippen molar-refractivity contribution in [2.45, 2.75) is 32.8 Å². The Morgan fingerprint density at radius 3 is 2.74 bits per heavy atom. The number of aryl methyl sites for hydroxylation is 2. The second-order valence-electron chi connectivity index (χ2n) is 4.34. The third-order valence-electron chi connectivity index (χ3n) is 2.92. The number of hydrogen-bond acceptors (Lipinski definition) is 4. The van der Waals surface area contributed by atoms with Crippen LogP contribution in [0.15, 0.2) is 12.1 Å². The lowest BCUT2D eigenvalue weighted by atomic mass is 10.0. The summed E-state index contributed by atoms with van der Waals surface area (Å²) < 4.78 is 31.2. The van der Waals surface area contributed by atoms with Crippen molar-refractivity contribution in [3.05, 3.63) is 45.5 Å². The minimum Gasteiger partial charge on any atom is -0.383 e. The first kappa shape index (κ1) is 14.0. The van der Waals surface area contributed by atoms with Gasteiger partial charge in [0.2, 0.25) is 0 Å². The van der Waals surface area contributed by atoms with Crippen LogP contribution in [0.1, 0.15) is 41.1 Å². The van der Waals surface area contributed by atoms with E-state index in [1.54, 1.807) is 0 Å². The molecule has 6 heteroatoms. The molecule has 0 amide bonds. The zero-order valence-corrected chi connectivity index (χ0v) is 11.5. The van der Waals surface area contributed by atoms with E-state index >= 15 is 0 Å². The minimum absolute atomic E-state index is 0.0773. The first-order valence-electron chi connectivity index (χ1n) is 6.00. The van der Waals surface area contributed by atoms with Crippen LogP contribution in [0.25, 0.3) is 0 Å². The zero-order chi connectivity index (χ0) is 14.0. The van der Waals surface area contributed by atoms with E-state index in [-0.39, 0.29) is 11.1 Å². The molecule has 1 aromatic carbocycles. The lowest BCUT2D eigenvalue weighted by Crippen LogP contribution is -2.06. The Labute approximate surface area is 114 Å². The topological polar surface area (TPSA) is 46.0 Å². The Morgan fingerprint density at radius 2 is 2.05 bits per heavy atom. The molecule has 0 aliphatic carbocycles. The predicted molar refractivity (Wildman–Crippen MR) is 69.1 cm³/mol. The summed E-state index contributed by atoms with van der Waals surface area (Å²) in [5, 5.41) is 14.1. The van der Waals surface area contributed by atoms with Crippen molar-refractivity contribution in [1.82, 2.24) is 9.59 Å². The highest BCUT2D eigenvalue weighted by molar-refractivity contribution is 7.05. The number of nitrogens with zero attached hydrogens (tertiary/aromatic N) is 2. The smallest absolute Gasteiger partial charge is 0.165 e. The van der Waals surface area contributed by atoms with Crippen LogP contribution in [0.2, 0.25) is 0 Å². The Balaban J connectivity index is 2.41. The van der Waals surface area contributed by atoms with Gasteiger partial charge in [-0.05, 0) is 30.4 Å². The van der Waals surface area contributed by atoms with E-state index in [9.17, 15) is 13.9 Å². The van der Waals surface area contributed by atoms with Gasteiger partial charge in [0.05, 0.1) is 10.6 Å². The van der Waals surface area contributed by atoms with Crippen molar-refractivity contribution in [2.75, 3.05) is 0 Å². The number of aromatic nitrogens is 2. The second-order valence-corrected chi connectivity index (χ2v) is 5.12. The molecule has 0 saturated carbocycles. The average Bonchev–Trinajstić information content (AvgIpc) is 2.84. The molecule has 0 spiro atoms. The van der Waals surface area contributed by atoms with Crippen LogP contribution in [0.4, 0.5) is 8.78 Å². The third kappa shape index (κ3) is 2.64. The van der Waals surface area contributed by atoms with Gasteiger partial charge in [-0.25, -0.2) is 8.78 Å². The number of rotatable bonds is 4. The molecule has 0 aliphatic rings. The molecular weight excluding hydrogens is 270 g/mol. The van der Waals surface area contributed by atoms with E-state index in [2.05, 4.69) is 9.59 Å². The summed E-state index contributed by atoms with van der Waals surface area (Å²) in [6.45, 7) is 3.45. The number of hydrogen-bond donors (Lipinski definition) is 1. The van der Waals surface area contributed by atoms with E-state index in [1.165, 1.54) is 19.1 Å². The summed E-state index contributed by atoms with van der Waals surface area (Å²) in [7, 11) is 0. The molecule has 19 heavy (non-hydrogen) atoms. The second kappa shape index (κ2) is 5.71. The fourth-order valence-corrected chi connectivity index (χ4v) is 2.55. The van der Waals surface area contributed by atoms with Gasteiger partial charge < -0.3 is 5.11 Å². The van der Waals surface area contributed by atoms with E-state index in [0.29, 0.717) is 17.0 Å². The number of benzene rings is 1. The molecule has 1 N–H and O–H groups in total. The summed E-state index contributed by atoms with van der Waals surface area (Å²) >= 11 is 1.01. The standard InChI is InChI=1S/C13H14F2N2OS/c1-3-4-9-13(19-17-16-9)12(18)8-6-5-7(2)10(14)11(8)15/h5-6,12,18H,3-4H2,1-2H3. The van der Waals surface area contributed by atoms with Gasteiger partial charge in [-0.15, -0.1) is 5.10 Å². The summed E-state index contributed by atoms with van der Waals surface area (Å²) in [6, 6.07) is 2.85. The van der Waals surface area contributed by atoms with Crippen molar-refractivity contribution in [1.29, 1.82) is 0 Å². The normalized spacial score (nSPS) is 12.7. The Kier molecular flexibility index (Phi) is 4.21. The number of aliphatic hydroxyl groups excluding tert-OH is 1. The van der Waals surface area contributed by atoms with Crippen LogP contribution in [0.5, 0.6) is 0 Å². The van der Waals surface area contributed by atoms with Gasteiger partial charge >= 0.3 is 0 Å². The SMILES string of the molecule is CCCc1nnsc1C(O)c1ccc(C)c(F)c1F. The maximum absolute atomic E-state index is 13.9. The van der Waals surface area contributed by atoms with E-state index < -0.39 is 17.7 Å². The highest BCUT2D eigenvalue weighted by Crippen LogP contribution is 2.30. The minimum atomic E-state index is -1.23. The molecule has 1 atom stereocenters. The molecule has 1 aromatic heterocycles. The first-order chi connectivity index (χ1) is 9.06. The Morgan fingerprint density at radius 1 is 1.32 bits per heavy atom. The lowest BCUT2D eigenvalue weighted by Gasteiger charge is -2.12. The van der Waals surface area contributed by atoms with Crippen molar-refractivity contribution in [3.8, 4) is 0 Å². The molecule has 2 aromatic rings. The highest BCUT2D eigenvalue weighted by atomic mass is 32.1. The highest BCUT2D eigenvalue weighted by Gasteiger charge is 2.23. The molecular formula is C13H14F2N2OS. The van der Waals surface area contributed by atoms with Crippen molar-refractivity contribution < 1.29 is 13.9 Å². The molecule has 0 aliphatic heterocycles. The first-order valence-corrected chi connectivity index (χ1v) is 6.77. The van der Waals surface area contributed by atoms with E-state index in [4.69, 9.17) is 0 Å². The number of halogens is 2. The average molecular weight is 284 g/mol. The maximum atomic E-state index is 13.9. The summed E-state index contributed by atoms with van der Waals surface area (Å²) in [4.78, 5) is 0.476. The number of aliphatic hydroxyl groups is 1. The van der Waals surface area contributed by atoms with Gasteiger partial charge in [-0.2, -0.15) is 0 Å². The van der Waals surface area contributed by atoms with Crippen molar-refractivity contribution in [3.63, 3.8) is 0 Å². The van der Waals surface area contributed by atoms with Crippen molar-refractivity contribution in [2.24, 2.45) is 0 Å². The Bertz CT molecular complexity index is 586. The van der Waals surface area contributed by atoms with Gasteiger partial charge in [0, 0.05) is 5.56 Å². The van der Waals surface area contributed by atoms with E-state index in [0.717, 1.165) is 18.0 Å². The van der Waals surface area contributed by atoms with Crippen LogP contribution in [0.3, 0.4) is 0 Å². The maximum Gasteiger partial charge on any atom is 0.165 e. The fourth-order valence-electron chi connectivity index (χ4n) is 1.85. The van der Waals surface area contributed by atoms with Gasteiger partial charge in [0.15, 0.2) is 11.6 Å². The van der Waals surface area contributed by atoms with E-state index in [1.807, 2.05) is 6.92 Å². The molecule has 0 saturated heterocycles. The van der Waals surface area contributed by atoms with Gasteiger partial charge in [-0.1, -0.05) is 30.0 Å². The summed E-state index contributed by atoms with van der Waals surface area (Å²) in [5.41, 5.74) is 0.775. The third-order valence-corrected chi connectivity index (χ3v) is 3.74. The van der Waals surface area contributed by atoms with Crippen LogP contribution < -0.4 is 0 Å².